The third kappa shape index (κ3) is 5.53. The molecule has 2 aromatic heterocycles. The molecule has 0 saturated heterocycles. The number of fused-ring (bicyclic) bond motifs is 2. The normalized spacial score (nSPS) is 12.7. The molecular weight excluding hydrogens is 549 g/mol. The van der Waals surface area contributed by atoms with E-state index in [1.165, 1.54) is 5.56 Å². The minimum absolute atomic E-state index is 0. The first kappa shape index (κ1) is 21.7. The van der Waals surface area contributed by atoms with Crippen molar-refractivity contribution >= 4 is 51.5 Å². The first-order valence-electron chi connectivity index (χ1n) is 9.25. The van der Waals surface area contributed by atoms with Gasteiger partial charge in [0, 0.05) is 30.0 Å². The number of halogens is 2. The van der Waals surface area contributed by atoms with Crippen LogP contribution in [0.25, 0.3) is 5.65 Å². The minimum atomic E-state index is 0. The summed E-state index contributed by atoms with van der Waals surface area (Å²) in [6.07, 6.45) is 4.85. The Labute approximate surface area is 195 Å². The van der Waals surface area contributed by atoms with Gasteiger partial charge in [0.1, 0.15) is 5.65 Å². The molecule has 0 unspecified atom stereocenters. The Morgan fingerprint density at radius 2 is 2.03 bits per heavy atom. The van der Waals surface area contributed by atoms with Crippen LogP contribution in [-0.2, 0) is 13.0 Å². The van der Waals surface area contributed by atoms with E-state index in [9.17, 15) is 0 Å². The van der Waals surface area contributed by atoms with Crippen molar-refractivity contribution in [2.75, 3.05) is 19.9 Å². The van der Waals surface area contributed by atoms with E-state index in [0.29, 0.717) is 13.3 Å². The van der Waals surface area contributed by atoms with Crippen LogP contribution in [0.3, 0.4) is 0 Å². The van der Waals surface area contributed by atoms with E-state index >= 15 is 0 Å². The predicted octanol–water partition coefficient (Wildman–Crippen LogP) is 3.74. The van der Waals surface area contributed by atoms with Gasteiger partial charge in [-0.15, -0.1) is 24.0 Å². The smallest absolute Gasteiger partial charge is 0.231 e. The highest BCUT2D eigenvalue weighted by atomic mass is 127. The molecule has 0 radical (unpaired) electrons. The highest BCUT2D eigenvalue weighted by Gasteiger charge is 2.13. The lowest BCUT2D eigenvalue weighted by Gasteiger charge is -2.11. The summed E-state index contributed by atoms with van der Waals surface area (Å²) in [7, 11) is 0. The molecule has 0 saturated carbocycles. The number of imidazole rings is 1. The summed E-state index contributed by atoms with van der Waals surface area (Å²) in [5.74, 6) is 2.41. The Kier molecular flexibility index (Phi) is 7.59. The first-order chi connectivity index (χ1) is 13.7. The maximum absolute atomic E-state index is 5.43. The number of guanidine groups is 1. The van der Waals surface area contributed by atoms with Crippen LogP contribution >= 0.6 is 39.9 Å². The van der Waals surface area contributed by atoms with Crippen LogP contribution in [0.2, 0.25) is 0 Å². The maximum Gasteiger partial charge on any atom is 0.231 e. The lowest BCUT2D eigenvalue weighted by molar-refractivity contribution is 0.174. The Hall–Kier alpha value is -2.01. The molecule has 1 aliphatic rings. The van der Waals surface area contributed by atoms with Crippen LogP contribution in [0, 0.1) is 0 Å². The predicted molar refractivity (Wildman–Crippen MR) is 127 cm³/mol. The van der Waals surface area contributed by atoms with E-state index < -0.39 is 0 Å². The number of hydrogen-bond acceptors (Lipinski definition) is 4. The third-order valence-electron chi connectivity index (χ3n) is 4.35. The molecule has 0 amide bonds. The summed E-state index contributed by atoms with van der Waals surface area (Å²) in [6, 6.07) is 10.0. The van der Waals surface area contributed by atoms with E-state index in [1.807, 2.05) is 41.1 Å². The fourth-order valence-corrected chi connectivity index (χ4v) is 3.37. The average Bonchev–Trinajstić information content (AvgIpc) is 3.31. The summed E-state index contributed by atoms with van der Waals surface area (Å²) >= 11 is 3.48. The second kappa shape index (κ2) is 10.1. The molecule has 2 N–H and O–H groups in total. The van der Waals surface area contributed by atoms with Crippen molar-refractivity contribution in [2.24, 2.45) is 4.99 Å². The van der Waals surface area contributed by atoms with E-state index in [2.05, 4.69) is 49.5 Å². The van der Waals surface area contributed by atoms with Crippen LogP contribution in [0.5, 0.6) is 11.5 Å². The van der Waals surface area contributed by atoms with Gasteiger partial charge in [-0.25, -0.2) is 9.98 Å². The number of pyridine rings is 1. The largest absolute Gasteiger partial charge is 0.454 e. The monoisotopic (exact) mass is 571 g/mol. The average molecular weight is 572 g/mol. The highest BCUT2D eigenvalue weighted by Crippen LogP contribution is 2.32. The first-order valence-corrected chi connectivity index (χ1v) is 10.0. The molecule has 1 aromatic carbocycles. The molecule has 3 aromatic rings. The van der Waals surface area contributed by atoms with Crippen LogP contribution in [0.1, 0.15) is 18.2 Å². The van der Waals surface area contributed by atoms with Gasteiger partial charge in [-0.3, -0.25) is 0 Å². The van der Waals surface area contributed by atoms with Crippen molar-refractivity contribution in [3.05, 3.63) is 58.5 Å². The molecule has 154 valence electrons. The summed E-state index contributed by atoms with van der Waals surface area (Å²) in [6.45, 7) is 4.43. The van der Waals surface area contributed by atoms with E-state index in [-0.39, 0.29) is 24.0 Å². The zero-order valence-electron chi connectivity index (χ0n) is 16.0. The number of hydrogen-bond donors (Lipinski definition) is 2. The van der Waals surface area contributed by atoms with E-state index in [1.54, 1.807) is 0 Å². The van der Waals surface area contributed by atoms with Crippen LogP contribution < -0.4 is 20.1 Å². The Bertz CT molecular complexity index is 1010. The lowest BCUT2D eigenvalue weighted by atomic mass is 10.1. The quantitative estimate of drug-likeness (QED) is 0.268. The summed E-state index contributed by atoms with van der Waals surface area (Å²) in [5.41, 5.74) is 3.03. The third-order valence-corrected chi connectivity index (χ3v) is 4.82. The number of ether oxygens (including phenoxy) is 2. The van der Waals surface area contributed by atoms with Crippen molar-refractivity contribution in [3.63, 3.8) is 0 Å². The van der Waals surface area contributed by atoms with Gasteiger partial charge < -0.3 is 24.5 Å². The van der Waals surface area contributed by atoms with Crippen molar-refractivity contribution in [1.82, 2.24) is 20.0 Å². The minimum Gasteiger partial charge on any atom is -0.454 e. The Morgan fingerprint density at radius 3 is 2.90 bits per heavy atom. The second-order valence-corrected chi connectivity index (χ2v) is 7.32. The van der Waals surface area contributed by atoms with Gasteiger partial charge in [0.25, 0.3) is 0 Å². The number of aliphatic imine (C=N–C) groups is 1. The Morgan fingerprint density at radius 1 is 1.17 bits per heavy atom. The van der Waals surface area contributed by atoms with Gasteiger partial charge in [-0.1, -0.05) is 6.07 Å². The standard InChI is InChI=1S/C20H22BrN5O2.HI/c1-2-22-20(23-8-7-14-3-5-17-18(9-14)28-13-27-17)24-10-16-12-26-11-15(21)4-6-19(26)25-16;/h3-6,9,11-12H,2,7-8,10,13H2,1H3,(H2,22,23,24);1H. The topological polar surface area (TPSA) is 72.2 Å². The molecule has 9 heteroatoms. The van der Waals surface area contributed by atoms with Gasteiger partial charge in [0.2, 0.25) is 6.79 Å². The van der Waals surface area contributed by atoms with Crippen LogP contribution in [0.15, 0.2) is 52.2 Å². The van der Waals surface area contributed by atoms with Gasteiger partial charge in [-0.2, -0.15) is 0 Å². The molecule has 29 heavy (non-hydrogen) atoms. The maximum atomic E-state index is 5.43. The highest BCUT2D eigenvalue weighted by molar-refractivity contribution is 14.0. The molecule has 0 atom stereocenters. The van der Waals surface area contributed by atoms with Crippen LogP contribution in [-0.4, -0.2) is 35.2 Å². The Balaban J connectivity index is 0.00000240. The fraction of sp³-hybridized carbons (Fsp3) is 0.300. The van der Waals surface area contributed by atoms with Crippen molar-refractivity contribution in [1.29, 1.82) is 0 Å². The number of rotatable bonds is 6. The number of benzene rings is 1. The summed E-state index contributed by atoms with van der Waals surface area (Å²) < 4.78 is 13.8. The molecule has 0 spiro atoms. The van der Waals surface area contributed by atoms with Gasteiger partial charge >= 0.3 is 0 Å². The fourth-order valence-electron chi connectivity index (χ4n) is 3.02. The zero-order chi connectivity index (χ0) is 19.3. The number of aromatic nitrogens is 2. The molecule has 4 rings (SSSR count). The summed E-state index contributed by atoms with van der Waals surface area (Å²) in [5, 5.41) is 6.65. The SMILES string of the molecule is CCNC(=NCc1cn2cc(Br)ccc2n1)NCCc1ccc2c(c1)OCO2.I. The molecule has 1 aliphatic heterocycles. The molecule has 0 fully saturated rings. The van der Waals surface area contributed by atoms with Gasteiger partial charge in [0.05, 0.1) is 12.2 Å². The zero-order valence-corrected chi connectivity index (χ0v) is 19.9. The number of nitrogens with zero attached hydrogens (tertiary/aromatic N) is 3. The van der Waals surface area contributed by atoms with Gasteiger partial charge in [-0.05, 0) is 59.1 Å². The van der Waals surface area contributed by atoms with Gasteiger partial charge in [0.15, 0.2) is 17.5 Å². The van der Waals surface area contributed by atoms with Crippen LogP contribution in [0.4, 0.5) is 0 Å². The van der Waals surface area contributed by atoms with Crippen molar-refractivity contribution in [2.45, 2.75) is 19.9 Å². The lowest BCUT2D eigenvalue weighted by Crippen LogP contribution is -2.38. The van der Waals surface area contributed by atoms with E-state index in [0.717, 1.165) is 52.8 Å². The second-order valence-electron chi connectivity index (χ2n) is 6.40. The van der Waals surface area contributed by atoms with Crippen molar-refractivity contribution < 1.29 is 9.47 Å². The molecule has 0 bridgehead atoms. The molecule has 7 nitrogen and oxygen atoms in total. The molecule has 0 aliphatic carbocycles. The summed E-state index contributed by atoms with van der Waals surface area (Å²) in [4.78, 5) is 9.25. The molecular formula is C20H23BrIN5O2. The molecule has 3 heterocycles. The number of nitrogens with one attached hydrogen (secondary N) is 2. The van der Waals surface area contributed by atoms with E-state index in [4.69, 9.17) is 9.47 Å². The van der Waals surface area contributed by atoms with Crippen molar-refractivity contribution in [3.8, 4) is 11.5 Å².